The van der Waals surface area contributed by atoms with Gasteiger partial charge in [0, 0.05) is 16.3 Å². The number of hydrogen-bond acceptors (Lipinski definition) is 8. The van der Waals surface area contributed by atoms with Crippen molar-refractivity contribution in [2.24, 2.45) is 4.99 Å². The Hall–Kier alpha value is -4.20. The first-order chi connectivity index (χ1) is 21.6. The number of aryl methyl sites for hydroxylation is 2. The van der Waals surface area contributed by atoms with Crippen molar-refractivity contribution in [2.75, 3.05) is 6.61 Å². The Balaban J connectivity index is 1.49. The first kappa shape index (κ1) is 30.8. The van der Waals surface area contributed by atoms with Gasteiger partial charge in [-0.1, -0.05) is 23.5 Å². The standard InChI is InChI=1S/C35H36N4O4S2/c1-7-42-25-14-12-23(13-15-25)31-30(34(41)43-19(2)3)21(5)37-35-39(31)32(40)29(45-35)17-24-16-20(4)38(22(24)6)33-27(18-36)26-10-8-9-11-28(26)44-33/h12-17,19,31H,7-11H2,1-6H3/b29-17+/t31-/m1/s1. The Morgan fingerprint density at radius 3 is 2.58 bits per heavy atom. The SMILES string of the molecule is CCOc1ccc([C@@H]2C(C(=O)OC(C)C)=C(C)N=c3s/c(=C/c4cc(C)n(-c5sc6c(c5C#N)CCCC6)c4C)c(=O)n32)cc1. The molecule has 8 nitrogen and oxygen atoms in total. The van der Waals surface area contributed by atoms with Crippen molar-refractivity contribution < 1.29 is 14.3 Å². The van der Waals surface area contributed by atoms with Crippen molar-refractivity contribution in [3.8, 4) is 16.8 Å². The van der Waals surface area contributed by atoms with E-state index in [1.807, 2.05) is 51.1 Å². The average molecular weight is 641 g/mol. The molecule has 45 heavy (non-hydrogen) atoms. The zero-order valence-corrected chi connectivity index (χ0v) is 28.0. The first-order valence-corrected chi connectivity index (χ1v) is 17.0. The fourth-order valence-electron chi connectivity index (χ4n) is 6.30. The maximum Gasteiger partial charge on any atom is 0.338 e. The summed E-state index contributed by atoms with van der Waals surface area (Å²) in [6.07, 6.45) is 5.81. The molecule has 1 aromatic carbocycles. The van der Waals surface area contributed by atoms with E-state index in [0.29, 0.717) is 33.0 Å². The molecule has 1 aliphatic carbocycles. The summed E-state index contributed by atoms with van der Waals surface area (Å²) in [5.41, 5.74) is 6.25. The van der Waals surface area contributed by atoms with Crippen LogP contribution in [0.1, 0.15) is 85.1 Å². The largest absolute Gasteiger partial charge is 0.494 e. The van der Waals surface area contributed by atoms with E-state index in [-0.39, 0.29) is 11.7 Å². The predicted molar refractivity (Wildman–Crippen MR) is 177 cm³/mol. The second kappa shape index (κ2) is 12.3. The van der Waals surface area contributed by atoms with E-state index in [2.05, 4.69) is 16.7 Å². The highest BCUT2D eigenvalue weighted by atomic mass is 32.1. The number of nitriles is 1. The number of carbonyl (C=O) groups excluding carboxylic acids is 1. The number of fused-ring (bicyclic) bond motifs is 2. The van der Waals surface area contributed by atoms with Crippen LogP contribution in [0, 0.1) is 25.2 Å². The third-order valence-electron chi connectivity index (χ3n) is 8.32. The molecule has 4 aromatic rings. The number of rotatable bonds is 7. The zero-order chi connectivity index (χ0) is 32.0. The molecule has 0 spiro atoms. The summed E-state index contributed by atoms with van der Waals surface area (Å²) < 4.78 is 15.5. The lowest BCUT2D eigenvalue weighted by atomic mass is 9.96. The van der Waals surface area contributed by atoms with Crippen LogP contribution >= 0.6 is 22.7 Å². The molecule has 6 rings (SSSR count). The van der Waals surface area contributed by atoms with Crippen molar-refractivity contribution in [3.63, 3.8) is 0 Å². The van der Waals surface area contributed by atoms with Gasteiger partial charge in [0.05, 0.1) is 40.1 Å². The fourth-order valence-corrected chi connectivity index (χ4v) is 8.79. The van der Waals surface area contributed by atoms with Crippen molar-refractivity contribution in [2.45, 2.75) is 79.4 Å². The van der Waals surface area contributed by atoms with E-state index >= 15 is 0 Å². The van der Waals surface area contributed by atoms with Gasteiger partial charge in [0.15, 0.2) is 4.80 Å². The molecule has 1 aliphatic heterocycles. The topological polar surface area (TPSA) is 98.6 Å². The molecular formula is C35H36N4O4S2. The van der Waals surface area contributed by atoms with Gasteiger partial charge < -0.3 is 14.0 Å². The van der Waals surface area contributed by atoms with Gasteiger partial charge in [-0.15, -0.1) is 11.3 Å². The third kappa shape index (κ3) is 5.49. The number of hydrogen-bond donors (Lipinski definition) is 0. The van der Waals surface area contributed by atoms with E-state index in [1.54, 1.807) is 36.7 Å². The number of carbonyl (C=O) groups is 1. The van der Waals surface area contributed by atoms with Gasteiger partial charge in [-0.05, 0) is 108 Å². The van der Waals surface area contributed by atoms with Gasteiger partial charge in [0.2, 0.25) is 0 Å². The third-order valence-corrected chi connectivity index (χ3v) is 10.6. The molecule has 0 radical (unpaired) electrons. The minimum Gasteiger partial charge on any atom is -0.494 e. The molecule has 1 atom stereocenters. The molecule has 232 valence electrons. The first-order valence-electron chi connectivity index (χ1n) is 15.3. The van der Waals surface area contributed by atoms with E-state index < -0.39 is 12.0 Å². The quantitative estimate of drug-likeness (QED) is 0.238. The van der Waals surface area contributed by atoms with E-state index in [9.17, 15) is 14.9 Å². The van der Waals surface area contributed by atoms with Crippen LogP contribution in [0.15, 0.2) is 51.4 Å². The molecule has 0 bridgehead atoms. The molecule has 0 fully saturated rings. The van der Waals surface area contributed by atoms with Gasteiger partial charge in [0.25, 0.3) is 5.56 Å². The van der Waals surface area contributed by atoms with Gasteiger partial charge in [-0.2, -0.15) is 5.26 Å². The molecule has 0 amide bonds. The number of aromatic nitrogens is 2. The summed E-state index contributed by atoms with van der Waals surface area (Å²) >= 11 is 3.02. The van der Waals surface area contributed by atoms with Gasteiger partial charge in [-0.3, -0.25) is 9.36 Å². The molecule has 3 aromatic heterocycles. The van der Waals surface area contributed by atoms with Crippen molar-refractivity contribution in [1.29, 1.82) is 5.26 Å². The molecule has 0 unspecified atom stereocenters. The van der Waals surface area contributed by atoms with Gasteiger partial charge >= 0.3 is 5.97 Å². The van der Waals surface area contributed by atoms with Crippen LogP contribution in [0.2, 0.25) is 0 Å². The minimum atomic E-state index is -0.701. The van der Waals surface area contributed by atoms with Crippen LogP contribution < -0.4 is 19.6 Å². The van der Waals surface area contributed by atoms with E-state index in [4.69, 9.17) is 14.5 Å². The Bertz CT molecular complexity index is 2070. The molecule has 2 aliphatic rings. The highest BCUT2D eigenvalue weighted by Crippen LogP contribution is 2.38. The summed E-state index contributed by atoms with van der Waals surface area (Å²) in [6.45, 7) is 11.9. The Labute approximate surface area is 270 Å². The smallest absolute Gasteiger partial charge is 0.338 e. The monoisotopic (exact) mass is 640 g/mol. The summed E-state index contributed by atoms with van der Waals surface area (Å²) in [7, 11) is 0. The van der Waals surface area contributed by atoms with Crippen LogP contribution in [0.3, 0.4) is 0 Å². The second-order valence-corrected chi connectivity index (χ2v) is 13.8. The number of thiazole rings is 1. The lowest BCUT2D eigenvalue weighted by Crippen LogP contribution is -2.40. The Kier molecular flexibility index (Phi) is 8.42. The minimum absolute atomic E-state index is 0.228. The van der Waals surface area contributed by atoms with Crippen molar-refractivity contribution >= 4 is 34.7 Å². The zero-order valence-electron chi connectivity index (χ0n) is 26.4. The highest BCUT2D eigenvalue weighted by Gasteiger charge is 2.34. The number of benzene rings is 1. The predicted octanol–water partition coefficient (Wildman–Crippen LogP) is 5.81. The van der Waals surface area contributed by atoms with E-state index in [0.717, 1.165) is 58.8 Å². The molecular weight excluding hydrogens is 605 g/mol. The second-order valence-electron chi connectivity index (χ2n) is 11.7. The van der Waals surface area contributed by atoms with Crippen molar-refractivity contribution in [1.82, 2.24) is 9.13 Å². The molecule has 10 heteroatoms. The van der Waals surface area contributed by atoms with Crippen LogP contribution in [0.25, 0.3) is 11.1 Å². The van der Waals surface area contributed by atoms with Gasteiger partial charge in [-0.25, -0.2) is 9.79 Å². The Morgan fingerprint density at radius 2 is 1.89 bits per heavy atom. The maximum absolute atomic E-state index is 14.2. The Morgan fingerprint density at radius 1 is 1.16 bits per heavy atom. The van der Waals surface area contributed by atoms with E-state index in [1.165, 1.54) is 21.8 Å². The summed E-state index contributed by atoms with van der Waals surface area (Å²) in [5.74, 6) is 0.220. The number of nitrogens with zero attached hydrogens (tertiary/aromatic N) is 4. The fraction of sp³-hybridized carbons (Fsp3) is 0.371. The molecule has 0 N–H and O–H groups in total. The van der Waals surface area contributed by atoms with Crippen LogP contribution in [0.5, 0.6) is 5.75 Å². The molecule has 0 saturated heterocycles. The average Bonchev–Trinajstić information content (AvgIpc) is 3.61. The number of ether oxygens (including phenoxy) is 2. The maximum atomic E-state index is 14.2. The van der Waals surface area contributed by atoms with Crippen LogP contribution in [-0.2, 0) is 22.4 Å². The summed E-state index contributed by atoms with van der Waals surface area (Å²) in [4.78, 5) is 34.2. The van der Waals surface area contributed by atoms with Crippen LogP contribution in [0.4, 0.5) is 0 Å². The molecule has 4 heterocycles. The highest BCUT2D eigenvalue weighted by molar-refractivity contribution is 7.15. The molecule has 0 saturated carbocycles. The number of esters is 1. The number of allylic oxidation sites excluding steroid dienone is 1. The van der Waals surface area contributed by atoms with Gasteiger partial charge in [0.1, 0.15) is 16.8 Å². The summed E-state index contributed by atoms with van der Waals surface area (Å²) in [5, 5.41) is 11.1. The van der Waals surface area contributed by atoms with Crippen LogP contribution in [-0.4, -0.2) is 27.8 Å². The normalized spacial score (nSPS) is 16.3. The lowest BCUT2D eigenvalue weighted by Gasteiger charge is -2.25. The summed E-state index contributed by atoms with van der Waals surface area (Å²) in [6, 6.07) is 11.3. The lowest BCUT2D eigenvalue weighted by molar-refractivity contribution is -0.143. The number of thiophene rings is 1. The van der Waals surface area contributed by atoms with Crippen molar-refractivity contribution in [3.05, 3.63) is 99.8 Å².